The molecule has 21 heavy (non-hydrogen) atoms. The number of rotatable bonds is 5. The minimum Gasteiger partial charge on any atom is -0.457 e. The lowest BCUT2D eigenvalue weighted by Crippen LogP contribution is -1.95. The molecule has 0 aromatic heterocycles. The van der Waals surface area contributed by atoms with Gasteiger partial charge in [-0.15, -0.1) is 0 Å². The highest BCUT2D eigenvalue weighted by Gasteiger charge is 2.14. The van der Waals surface area contributed by atoms with Crippen LogP contribution in [0.25, 0.3) is 0 Å². The number of ether oxygens (including phenoxy) is 1. The first-order chi connectivity index (χ1) is 10.1. The van der Waals surface area contributed by atoms with Crippen molar-refractivity contribution in [1.82, 2.24) is 0 Å². The van der Waals surface area contributed by atoms with Gasteiger partial charge in [0.05, 0.1) is 23.0 Å². The second-order valence-corrected chi connectivity index (χ2v) is 4.18. The zero-order chi connectivity index (χ0) is 15.2. The van der Waals surface area contributed by atoms with Gasteiger partial charge >= 0.3 is 0 Å². The van der Waals surface area contributed by atoms with E-state index in [9.17, 15) is 14.9 Å². The SMILES string of the molecule is N#CCc1ccc(Oc2ccc([N+](=O)[O-])c(C=O)c2)cc1. The lowest BCUT2D eigenvalue weighted by atomic mass is 10.1. The van der Waals surface area contributed by atoms with Crippen LogP contribution in [0.4, 0.5) is 5.69 Å². The number of aldehydes is 1. The fourth-order valence-corrected chi connectivity index (χ4v) is 1.76. The molecule has 6 heteroatoms. The largest absolute Gasteiger partial charge is 0.457 e. The maximum Gasteiger partial charge on any atom is 0.280 e. The van der Waals surface area contributed by atoms with Crippen molar-refractivity contribution in [3.63, 3.8) is 0 Å². The molecule has 0 saturated carbocycles. The van der Waals surface area contributed by atoms with E-state index in [1.54, 1.807) is 24.3 Å². The molecule has 0 fully saturated rings. The lowest BCUT2D eigenvalue weighted by molar-refractivity contribution is -0.385. The number of nitrogens with zero attached hydrogens (tertiary/aromatic N) is 2. The van der Waals surface area contributed by atoms with Gasteiger partial charge in [0.25, 0.3) is 5.69 Å². The van der Waals surface area contributed by atoms with Crippen molar-refractivity contribution >= 4 is 12.0 Å². The third kappa shape index (κ3) is 3.42. The lowest BCUT2D eigenvalue weighted by Gasteiger charge is -2.06. The predicted molar refractivity (Wildman–Crippen MR) is 74.3 cm³/mol. The summed E-state index contributed by atoms with van der Waals surface area (Å²) in [6.45, 7) is 0. The Morgan fingerprint density at radius 1 is 1.19 bits per heavy atom. The van der Waals surface area contributed by atoms with Crippen LogP contribution in [-0.4, -0.2) is 11.2 Å². The van der Waals surface area contributed by atoms with Crippen LogP contribution in [0.15, 0.2) is 42.5 Å². The molecule has 6 nitrogen and oxygen atoms in total. The number of nitriles is 1. The first-order valence-electron chi connectivity index (χ1n) is 6.01. The zero-order valence-electron chi connectivity index (χ0n) is 10.9. The van der Waals surface area contributed by atoms with Crippen molar-refractivity contribution in [3.05, 3.63) is 63.7 Å². The number of hydrogen-bond donors (Lipinski definition) is 0. The molecule has 0 aliphatic rings. The Balaban J connectivity index is 2.21. The van der Waals surface area contributed by atoms with Gasteiger partial charge in [0.2, 0.25) is 0 Å². The zero-order valence-corrected chi connectivity index (χ0v) is 10.9. The Morgan fingerprint density at radius 3 is 2.43 bits per heavy atom. The Labute approximate surface area is 120 Å². The molecule has 0 aliphatic carbocycles. The number of carbonyl (C=O) groups is 1. The maximum atomic E-state index is 10.9. The molecular formula is C15H10N2O4. The molecule has 0 radical (unpaired) electrons. The monoisotopic (exact) mass is 282 g/mol. The number of benzene rings is 2. The third-order valence-corrected chi connectivity index (χ3v) is 2.76. The summed E-state index contributed by atoms with van der Waals surface area (Å²) < 4.78 is 5.52. The van der Waals surface area contributed by atoms with Crippen molar-refractivity contribution in [2.75, 3.05) is 0 Å². The van der Waals surface area contributed by atoms with Crippen LogP contribution < -0.4 is 4.74 Å². The first-order valence-corrected chi connectivity index (χ1v) is 6.01. The van der Waals surface area contributed by atoms with Crippen molar-refractivity contribution in [3.8, 4) is 17.6 Å². The molecule has 2 aromatic rings. The van der Waals surface area contributed by atoms with Gasteiger partial charge in [-0.05, 0) is 29.8 Å². The Hall–Kier alpha value is -3.20. The van der Waals surface area contributed by atoms with Gasteiger partial charge in [0.1, 0.15) is 11.5 Å². The van der Waals surface area contributed by atoms with Crippen LogP contribution in [0.5, 0.6) is 11.5 Å². The second kappa shape index (κ2) is 6.30. The van der Waals surface area contributed by atoms with Gasteiger partial charge < -0.3 is 4.74 Å². The molecule has 0 aliphatic heterocycles. The van der Waals surface area contributed by atoms with Gasteiger partial charge in [-0.2, -0.15) is 5.26 Å². The van der Waals surface area contributed by atoms with Crippen molar-refractivity contribution in [2.24, 2.45) is 0 Å². The van der Waals surface area contributed by atoms with E-state index in [4.69, 9.17) is 10.00 Å². The summed E-state index contributed by atoms with van der Waals surface area (Å²) in [6, 6.07) is 12.9. The smallest absolute Gasteiger partial charge is 0.280 e. The van der Waals surface area contributed by atoms with Crippen molar-refractivity contribution in [2.45, 2.75) is 6.42 Å². The van der Waals surface area contributed by atoms with Crippen LogP contribution >= 0.6 is 0 Å². The Bertz CT molecular complexity index is 717. The van der Waals surface area contributed by atoms with Crippen molar-refractivity contribution in [1.29, 1.82) is 5.26 Å². The highest BCUT2D eigenvalue weighted by Crippen LogP contribution is 2.27. The quantitative estimate of drug-likeness (QED) is 0.476. The summed E-state index contributed by atoms with van der Waals surface area (Å²) >= 11 is 0. The predicted octanol–water partition coefficient (Wildman–Crippen LogP) is 3.27. The van der Waals surface area contributed by atoms with E-state index >= 15 is 0 Å². The Kier molecular flexibility index (Phi) is 4.26. The molecule has 0 unspecified atom stereocenters. The highest BCUT2D eigenvalue weighted by atomic mass is 16.6. The van der Waals surface area contributed by atoms with E-state index in [1.165, 1.54) is 18.2 Å². The summed E-state index contributed by atoms with van der Waals surface area (Å²) in [5, 5.41) is 19.3. The van der Waals surface area contributed by atoms with Crippen molar-refractivity contribution < 1.29 is 14.5 Å². The summed E-state index contributed by atoms with van der Waals surface area (Å²) in [6.07, 6.45) is 0.730. The van der Waals surface area contributed by atoms with Crippen LogP contribution in [0.1, 0.15) is 15.9 Å². The van der Waals surface area contributed by atoms with E-state index in [0.29, 0.717) is 24.2 Å². The van der Waals surface area contributed by atoms with Crippen LogP contribution in [0.2, 0.25) is 0 Å². The van der Waals surface area contributed by atoms with E-state index in [0.717, 1.165) is 5.56 Å². The molecule has 104 valence electrons. The van der Waals surface area contributed by atoms with Gasteiger partial charge in [-0.25, -0.2) is 0 Å². The van der Waals surface area contributed by atoms with E-state index < -0.39 is 4.92 Å². The summed E-state index contributed by atoms with van der Waals surface area (Å²) in [5.74, 6) is 0.845. The second-order valence-electron chi connectivity index (χ2n) is 4.18. The van der Waals surface area contributed by atoms with Gasteiger partial charge in [0.15, 0.2) is 6.29 Å². The number of carbonyl (C=O) groups excluding carboxylic acids is 1. The molecule has 0 saturated heterocycles. The third-order valence-electron chi connectivity index (χ3n) is 2.76. The van der Waals surface area contributed by atoms with Gasteiger partial charge in [-0.3, -0.25) is 14.9 Å². The number of nitro groups is 1. The average molecular weight is 282 g/mol. The molecule has 2 rings (SSSR count). The van der Waals surface area contributed by atoms with Crippen LogP contribution in [0, 0.1) is 21.4 Å². The maximum absolute atomic E-state index is 10.9. The summed E-state index contributed by atoms with van der Waals surface area (Å²) in [4.78, 5) is 21.0. The molecule has 0 N–H and O–H groups in total. The summed E-state index contributed by atoms with van der Waals surface area (Å²) in [7, 11) is 0. The topological polar surface area (TPSA) is 93.2 Å². The average Bonchev–Trinajstić information content (AvgIpc) is 2.49. The molecule has 0 bridgehead atoms. The highest BCUT2D eigenvalue weighted by molar-refractivity contribution is 5.82. The van der Waals surface area contributed by atoms with Gasteiger partial charge in [0, 0.05) is 6.07 Å². The minimum atomic E-state index is -0.621. The molecule has 0 heterocycles. The molecule has 0 spiro atoms. The van der Waals surface area contributed by atoms with Crippen LogP contribution in [-0.2, 0) is 6.42 Å². The van der Waals surface area contributed by atoms with E-state index in [-0.39, 0.29) is 11.3 Å². The fourth-order valence-electron chi connectivity index (χ4n) is 1.76. The fraction of sp³-hybridized carbons (Fsp3) is 0.0667. The van der Waals surface area contributed by atoms with Crippen LogP contribution in [0.3, 0.4) is 0 Å². The standard InChI is InChI=1S/C15H10N2O4/c16-8-7-11-1-3-13(4-2-11)21-14-5-6-15(17(19)20)12(9-14)10-18/h1-6,9-10H,7H2. The minimum absolute atomic E-state index is 0.0430. The molecular weight excluding hydrogens is 272 g/mol. The summed E-state index contributed by atoms with van der Waals surface area (Å²) in [5.41, 5.74) is 0.558. The normalized spacial score (nSPS) is 9.67. The Morgan fingerprint density at radius 2 is 1.86 bits per heavy atom. The van der Waals surface area contributed by atoms with Gasteiger partial charge in [-0.1, -0.05) is 12.1 Å². The molecule has 2 aromatic carbocycles. The first kappa shape index (κ1) is 14.2. The number of nitro benzene ring substituents is 1. The number of hydrogen-bond acceptors (Lipinski definition) is 5. The van der Waals surface area contributed by atoms with E-state index in [1.807, 2.05) is 6.07 Å². The molecule has 0 atom stereocenters. The van der Waals surface area contributed by atoms with E-state index in [2.05, 4.69) is 0 Å². The molecule has 0 amide bonds.